The summed E-state index contributed by atoms with van der Waals surface area (Å²) in [5.41, 5.74) is 1.17. The first-order valence-electron chi connectivity index (χ1n) is 6.77. The van der Waals surface area contributed by atoms with Gasteiger partial charge in [0.1, 0.15) is 17.3 Å². The van der Waals surface area contributed by atoms with Crippen LogP contribution in [0.1, 0.15) is 35.1 Å². The zero-order chi connectivity index (χ0) is 15.1. The first-order valence-corrected chi connectivity index (χ1v) is 6.77. The molecule has 1 aliphatic rings. The number of carbonyl (C=O) groups is 1. The molecule has 21 heavy (non-hydrogen) atoms. The molecule has 0 radical (unpaired) electrons. The standard InChI is InChI=1S/C15H14F2N2O2/c1-8-2-5-12-10(6-8)14(15(20)21)18-19(12)13-7-9(16)3-4-11(13)17/h3-4,7-8H,2,5-6H2,1H3,(H,20,21). The molecule has 0 saturated carbocycles. The van der Waals surface area contributed by atoms with Crippen molar-refractivity contribution in [3.05, 3.63) is 46.8 Å². The number of hydrogen-bond donors (Lipinski definition) is 1. The van der Waals surface area contributed by atoms with Crippen molar-refractivity contribution in [1.29, 1.82) is 0 Å². The van der Waals surface area contributed by atoms with Gasteiger partial charge in [0, 0.05) is 17.3 Å². The van der Waals surface area contributed by atoms with Crippen molar-refractivity contribution in [2.45, 2.75) is 26.2 Å². The quantitative estimate of drug-likeness (QED) is 0.925. The Balaban J connectivity index is 2.22. The third-order valence-corrected chi connectivity index (χ3v) is 3.86. The minimum absolute atomic E-state index is 0.0479. The molecule has 1 aromatic heterocycles. The van der Waals surface area contributed by atoms with Crippen LogP contribution in [0.2, 0.25) is 0 Å². The molecule has 0 spiro atoms. The maximum absolute atomic E-state index is 13.9. The maximum Gasteiger partial charge on any atom is 0.356 e. The largest absolute Gasteiger partial charge is 0.476 e. The van der Waals surface area contributed by atoms with Crippen LogP contribution in [0.3, 0.4) is 0 Å². The van der Waals surface area contributed by atoms with Gasteiger partial charge in [-0.25, -0.2) is 18.3 Å². The lowest BCUT2D eigenvalue weighted by molar-refractivity contribution is 0.0688. The molecule has 1 N–H and O–H groups in total. The van der Waals surface area contributed by atoms with E-state index in [4.69, 9.17) is 0 Å². The molecule has 110 valence electrons. The maximum atomic E-state index is 13.9. The Morgan fingerprint density at radius 3 is 2.90 bits per heavy atom. The van der Waals surface area contributed by atoms with Crippen LogP contribution in [-0.4, -0.2) is 20.9 Å². The predicted octanol–water partition coefficient (Wildman–Crippen LogP) is 2.97. The fourth-order valence-electron chi connectivity index (χ4n) is 2.81. The Morgan fingerprint density at radius 2 is 2.19 bits per heavy atom. The zero-order valence-electron chi connectivity index (χ0n) is 11.4. The SMILES string of the molecule is CC1CCc2c(c(C(=O)O)nn2-c2cc(F)ccc2F)C1. The van der Waals surface area contributed by atoms with Crippen LogP contribution in [0, 0.1) is 17.6 Å². The Kier molecular flexibility index (Phi) is 3.23. The molecule has 1 atom stereocenters. The smallest absolute Gasteiger partial charge is 0.356 e. The lowest BCUT2D eigenvalue weighted by atomic mass is 9.87. The van der Waals surface area contributed by atoms with Gasteiger partial charge >= 0.3 is 5.97 Å². The van der Waals surface area contributed by atoms with Crippen LogP contribution in [0.5, 0.6) is 0 Å². The van der Waals surface area contributed by atoms with E-state index < -0.39 is 17.6 Å². The molecule has 0 amide bonds. The van der Waals surface area contributed by atoms with E-state index in [1.807, 2.05) is 6.92 Å². The van der Waals surface area contributed by atoms with Gasteiger partial charge in [0.2, 0.25) is 0 Å². The van der Waals surface area contributed by atoms with Crippen molar-refractivity contribution >= 4 is 5.97 Å². The number of rotatable bonds is 2. The van der Waals surface area contributed by atoms with Gasteiger partial charge < -0.3 is 5.11 Å². The minimum atomic E-state index is -1.14. The molecule has 1 unspecified atom stereocenters. The van der Waals surface area contributed by atoms with E-state index in [-0.39, 0.29) is 11.4 Å². The summed E-state index contributed by atoms with van der Waals surface area (Å²) in [6.07, 6.45) is 2.06. The topological polar surface area (TPSA) is 55.1 Å². The molecule has 6 heteroatoms. The van der Waals surface area contributed by atoms with Crippen LogP contribution in [-0.2, 0) is 12.8 Å². The fraction of sp³-hybridized carbons (Fsp3) is 0.333. The van der Waals surface area contributed by atoms with Crippen molar-refractivity contribution < 1.29 is 18.7 Å². The highest BCUT2D eigenvalue weighted by molar-refractivity contribution is 5.87. The van der Waals surface area contributed by atoms with Crippen LogP contribution < -0.4 is 0 Å². The number of nitrogens with zero attached hydrogens (tertiary/aromatic N) is 2. The number of halogens is 2. The van der Waals surface area contributed by atoms with E-state index in [2.05, 4.69) is 5.10 Å². The Hall–Kier alpha value is -2.24. The molecule has 1 heterocycles. The van der Waals surface area contributed by atoms with Gasteiger partial charge in [-0.05, 0) is 37.3 Å². The molecule has 4 nitrogen and oxygen atoms in total. The number of benzene rings is 1. The molecule has 1 aliphatic carbocycles. The molecule has 0 fully saturated rings. The van der Waals surface area contributed by atoms with E-state index in [1.165, 1.54) is 4.68 Å². The van der Waals surface area contributed by atoms with Gasteiger partial charge in [0.25, 0.3) is 0 Å². The molecule has 1 aromatic carbocycles. The van der Waals surface area contributed by atoms with Crippen molar-refractivity contribution in [2.24, 2.45) is 5.92 Å². The summed E-state index contributed by atoms with van der Waals surface area (Å²) in [6, 6.07) is 3.08. The van der Waals surface area contributed by atoms with E-state index in [0.29, 0.717) is 30.0 Å². The number of aromatic nitrogens is 2. The summed E-state index contributed by atoms with van der Waals surface area (Å²) in [5.74, 6) is -2.00. The number of aromatic carboxylic acids is 1. The molecule has 0 saturated heterocycles. The average molecular weight is 292 g/mol. The summed E-state index contributed by atoms with van der Waals surface area (Å²) >= 11 is 0. The van der Waals surface area contributed by atoms with Crippen LogP contribution >= 0.6 is 0 Å². The third kappa shape index (κ3) is 2.30. The third-order valence-electron chi connectivity index (χ3n) is 3.86. The molecule has 2 aromatic rings. The van der Waals surface area contributed by atoms with Crippen LogP contribution in [0.25, 0.3) is 5.69 Å². The van der Waals surface area contributed by atoms with E-state index in [9.17, 15) is 18.7 Å². The van der Waals surface area contributed by atoms with Gasteiger partial charge in [0.15, 0.2) is 5.69 Å². The summed E-state index contributed by atoms with van der Waals surface area (Å²) in [6.45, 7) is 2.04. The molecular formula is C15H14F2N2O2. The highest BCUT2D eigenvalue weighted by Crippen LogP contribution is 2.30. The predicted molar refractivity (Wildman–Crippen MR) is 71.6 cm³/mol. The van der Waals surface area contributed by atoms with Crippen molar-refractivity contribution in [3.63, 3.8) is 0 Å². The second-order valence-electron chi connectivity index (χ2n) is 5.43. The monoisotopic (exact) mass is 292 g/mol. The number of carboxylic acids is 1. The summed E-state index contributed by atoms with van der Waals surface area (Å²) in [5, 5.41) is 13.3. The highest BCUT2D eigenvalue weighted by atomic mass is 19.1. The van der Waals surface area contributed by atoms with Crippen LogP contribution in [0.15, 0.2) is 18.2 Å². The lowest BCUT2D eigenvalue weighted by Gasteiger charge is -2.19. The highest BCUT2D eigenvalue weighted by Gasteiger charge is 2.28. The normalized spacial score (nSPS) is 17.6. The second kappa shape index (κ2) is 4.95. The molecule has 0 bridgehead atoms. The van der Waals surface area contributed by atoms with Gasteiger partial charge in [-0.15, -0.1) is 0 Å². The Labute approximate surface area is 120 Å². The van der Waals surface area contributed by atoms with Gasteiger partial charge in [-0.3, -0.25) is 0 Å². The van der Waals surface area contributed by atoms with Crippen LogP contribution in [0.4, 0.5) is 8.78 Å². The van der Waals surface area contributed by atoms with E-state index in [1.54, 1.807) is 0 Å². The molecule has 3 rings (SSSR count). The summed E-state index contributed by atoms with van der Waals surface area (Å²) < 4.78 is 28.5. The van der Waals surface area contributed by atoms with Crippen molar-refractivity contribution in [2.75, 3.05) is 0 Å². The minimum Gasteiger partial charge on any atom is -0.476 e. The van der Waals surface area contributed by atoms with Gasteiger partial charge in [0.05, 0.1) is 0 Å². The molecule has 0 aliphatic heterocycles. The average Bonchev–Trinajstić information content (AvgIpc) is 2.80. The van der Waals surface area contributed by atoms with Crippen molar-refractivity contribution in [3.8, 4) is 5.69 Å². The Morgan fingerprint density at radius 1 is 1.43 bits per heavy atom. The number of carboxylic acid groups (broad SMARTS) is 1. The van der Waals surface area contributed by atoms with E-state index >= 15 is 0 Å². The number of hydrogen-bond acceptors (Lipinski definition) is 2. The van der Waals surface area contributed by atoms with E-state index in [0.717, 1.165) is 24.6 Å². The zero-order valence-corrected chi connectivity index (χ0v) is 11.4. The number of fused-ring (bicyclic) bond motifs is 1. The van der Waals surface area contributed by atoms with Crippen molar-refractivity contribution in [1.82, 2.24) is 9.78 Å². The summed E-state index contributed by atoms with van der Waals surface area (Å²) in [4.78, 5) is 11.3. The summed E-state index contributed by atoms with van der Waals surface area (Å²) in [7, 11) is 0. The van der Waals surface area contributed by atoms with Gasteiger partial charge in [-0.1, -0.05) is 6.92 Å². The first-order chi connectivity index (χ1) is 9.97. The lowest BCUT2D eigenvalue weighted by Crippen LogP contribution is -2.15. The first kappa shape index (κ1) is 13.7. The second-order valence-corrected chi connectivity index (χ2v) is 5.43. The molecular weight excluding hydrogens is 278 g/mol. The Bertz CT molecular complexity index is 725. The fourth-order valence-corrected chi connectivity index (χ4v) is 2.81. The van der Waals surface area contributed by atoms with Gasteiger partial charge in [-0.2, -0.15) is 5.10 Å².